The van der Waals surface area contributed by atoms with E-state index in [0.29, 0.717) is 36.6 Å². The summed E-state index contributed by atoms with van der Waals surface area (Å²) in [4.78, 5) is 12.3. The van der Waals surface area contributed by atoms with Crippen molar-refractivity contribution in [2.24, 2.45) is 0 Å². The lowest BCUT2D eigenvalue weighted by Gasteiger charge is -2.12. The first-order chi connectivity index (χ1) is 12.2. The molecule has 1 N–H and O–H groups in total. The zero-order valence-corrected chi connectivity index (χ0v) is 14.7. The van der Waals surface area contributed by atoms with E-state index in [0.717, 1.165) is 30.8 Å². The summed E-state index contributed by atoms with van der Waals surface area (Å²) in [5, 5.41) is 6.83. The van der Waals surface area contributed by atoms with Crippen molar-refractivity contribution in [3.05, 3.63) is 46.8 Å². The molecule has 2 aromatic rings. The molecule has 0 aliphatic carbocycles. The quantitative estimate of drug-likeness (QED) is 0.836. The van der Waals surface area contributed by atoms with Crippen LogP contribution in [0, 0.1) is 6.92 Å². The monoisotopic (exact) mass is 344 g/mol. The van der Waals surface area contributed by atoms with Gasteiger partial charge in [0.05, 0.1) is 11.8 Å². The highest BCUT2D eigenvalue weighted by atomic mass is 16.5. The Morgan fingerprint density at radius 1 is 1.36 bits per heavy atom. The number of benzene rings is 1. The Hall–Kier alpha value is -2.34. The highest BCUT2D eigenvalue weighted by molar-refractivity contribution is 5.96. The van der Waals surface area contributed by atoms with Gasteiger partial charge in [0.15, 0.2) is 0 Å². The minimum atomic E-state index is -0.158. The van der Waals surface area contributed by atoms with Gasteiger partial charge in [-0.3, -0.25) is 4.79 Å². The average molecular weight is 344 g/mol. The molecule has 0 radical (unpaired) electrons. The van der Waals surface area contributed by atoms with Gasteiger partial charge in [0.2, 0.25) is 0 Å². The minimum Gasteiger partial charge on any atom is -0.491 e. The van der Waals surface area contributed by atoms with Crippen LogP contribution >= 0.6 is 0 Å². The van der Waals surface area contributed by atoms with E-state index in [9.17, 15) is 4.79 Å². The van der Waals surface area contributed by atoms with Crippen LogP contribution in [0.2, 0.25) is 0 Å². The molecule has 1 fully saturated rings. The lowest BCUT2D eigenvalue weighted by Crippen LogP contribution is -2.24. The number of hydrogen-bond donors (Lipinski definition) is 1. The molecular weight excluding hydrogens is 320 g/mol. The average Bonchev–Trinajstić information content (AvgIpc) is 3.28. The van der Waals surface area contributed by atoms with Gasteiger partial charge in [-0.2, -0.15) is 0 Å². The number of ether oxygens (including phenoxy) is 2. The predicted octanol–water partition coefficient (Wildman–Crippen LogP) is 3.03. The molecule has 1 amide bonds. The van der Waals surface area contributed by atoms with Crippen LogP contribution in [-0.2, 0) is 17.7 Å². The lowest BCUT2D eigenvalue weighted by atomic mass is 10.1. The van der Waals surface area contributed by atoms with Crippen LogP contribution in [0.1, 0.15) is 47.1 Å². The Kier molecular flexibility index (Phi) is 5.71. The van der Waals surface area contributed by atoms with E-state index in [2.05, 4.69) is 10.5 Å². The SMILES string of the molecule is CCc1noc(C)c1C(=O)NCc1ccc(OC[C@@H]2CCCO2)cc1. The second kappa shape index (κ2) is 8.16. The van der Waals surface area contributed by atoms with Crippen LogP contribution < -0.4 is 10.1 Å². The van der Waals surface area contributed by atoms with Gasteiger partial charge in [-0.15, -0.1) is 0 Å². The lowest BCUT2D eigenvalue weighted by molar-refractivity contribution is 0.0679. The first kappa shape index (κ1) is 17.5. The number of amides is 1. The molecule has 3 rings (SSSR count). The summed E-state index contributed by atoms with van der Waals surface area (Å²) in [6.45, 7) is 5.56. The summed E-state index contributed by atoms with van der Waals surface area (Å²) >= 11 is 0. The maximum Gasteiger partial charge on any atom is 0.257 e. The minimum absolute atomic E-state index is 0.158. The molecule has 1 aromatic heterocycles. The third-order valence-corrected chi connectivity index (χ3v) is 4.33. The molecule has 0 spiro atoms. The summed E-state index contributed by atoms with van der Waals surface area (Å²) in [5.41, 5.74) is 2.23. The van der Waals surface area contributed by atoms with Crippen LogP contribution in [0.5, 0.6) is 5.75 Å². The fourth-order valence-electron chi connectivity index (χ4n) is 2.89. The highest BCUT2D eigenvalue weighted by Crippen LogP contribution is 2.17. The summed E-state index contributed by atoms with van der Waals surface area (Å²) in [6, 6.07) is 7.73. The van der Waals surface area contributed by atoms with E-state index < -0.39 is 0 Å². The molecule has 1 aliphatic rings. The van der Waals surface area contributed by atoms with E-state index in [1.54, 1.807) is 6.92 Å². The number of nitrogens with zero attached hydrogens (tertiary/aromatic N) is 1. The number of aryl methyl sites for hydroxylation is 2. The molecular formula is C19H24N2O4. The van der Waals surface area contributed by atoms with Gasteiger partial charge in [0.1, 0.15) is 23.7 Å². The van der Waals surface area contributed by atoms with Gasteiger partial charge >= 0.3 is 0 Å². The zero-order chi connectivity index (χ0) is 17.6. The third-order valence-electron chi connectivity index (χ3n) is 4.33. The van der Waals surface area contributed by atoms with Crippen molar-refractivity contribution in [2.45, 2.75) is 45.8 Å². The number of carbonyl (C=O) groups excluding carboxylic acids is 1. The van der Waals surface area contributed by atoms with Crippen LogP contribution in [0.4, 0.5) is 0 Å². The molecule has 1 aromatic carbocycles. The molecule has 0 unspecified atom stereocenters. The molecule has 134 valence electrons. The van der Waals surface area contributed by atoms with Crippen molar-refractivity contribution >= 4 is 5.91 Å². The van der Waals surface area contributed by atoms with Crippen LogP contribution in [0.15, 0.2) is 28.8 Å². The molecule has 6 nitrogen and oxygen atoms in total. The van der Waals surface area contributed by atoms with Crippen molar-refractivity contribution in [3.8, 4) is 5.75 Å². The second-order valence-electron chi connectivity index (χ2n) is 6.19. The number of aromatic nitrogens is 1. The molecule has 2 heterocycles. The fraction of sp³-hybridized carbons (Fsp3) is 0.474. The van der Waals surface area contributed by atoms with Crippen molar-refractivity contribution in [2.75, 3.05) is 13.2 Å². The Labute approximate surface area is 147 Å². The summed E-state index contributed by atoms with van der Waals surface area (Å²) in [7, 11) is 0. The molecule has 0 saturated carbocycles. The predicted molar refractivity (Wildman–Crippen MR) is 92.7 cm³/mol. The number of carbonyl (C=O) groups is 1. The zero-order valence-electron chi connectivity index (χ0n) is 14.7. The largest absolute Gasteiger partial charge is 0.491 e. The van der Waals surface area contributed by atoms with Gasteiger partial charge in [-0.1, -0.05) is 24.2 Å². The third kappa shape index (κ3) is 4.39. The van der Waals surface area contributed by atoms with Crippen LogP contribution in [0.25, 0.3) is 0 Å². The van der Waals surface area contributed by atoms with Gasteiger partial charge in [0, 0.05) is 13.2 Å². The molecule has 1 atom stereocenters. The van der Waals surface area contributed by atoms with Crippen LogP contribution in [0.3, 0.4) is 0 Å². The van der Waals surface area contributed by atoms with E-state index in [1.165, 1.54) is 0 Å². The highest BCUT2D eigenvalue weighted by Gasteiger charge is 2.19. The second-order valence-corrected chi connectivity index (χ2v) is 6.19. The number of nitrogens with one attached hydrogen (secondary N) is 1. The van der Waals surface area contributed by atoms with Crippen molar-refractivity contribution in [1.82, 2.24) is 10.5 Å². The van der Waals surface area contributed by atoms with Gasteiger partial charge < -0.3 is 19.3 Å². The topological polar surface area (TPSA) is 73.6 Å². The fourth-order valence-corrected chi connectivity index (χ4v) is 2.89. The van der Waals surface area contributed by atoms with Gasteiger partial charge in [-0.05, 0) is 43.9 Å². The number of hydrogen-bond acceptors (Lipinski definition) is 5. The first-order valence-electron chi connectivity index (χ1n) is 8.74. The van der Waals surface area contributed by atoms with Gasteiger partial charge in [-0.25, -0.2) is 0 Å². The first-order valence-corrected chi connectivity index (χ1v) is 8.74. The molecule has 0 bridgehead atoms. The van der Waals surface area contributed by atoms with Gasteiger partial charge in [0.25, 0.3) is 5.91 Å². The summed E-state index contributed by atoms with van der Waals surface area (Å²) in [5.74, 6) is 1.20. The number of rotatable bonds is 7. The Balaban J connectivity index is 1.51. The summed E-state index contributed by atoms with van der Waals surface area (Å²) < 4.78 is 16.4. The van der Waals surface area contributed by atoms with Crippen molar-refractivity contribution in [3.63, 3.8) is 0 Å². The molecule has 1 aliphatic heterocycles. The molecule has 25 heavy (non-hydrogen) atoms. The van der Waals surface area contributed by atoms with Crippen molar-refractivity contribution in [1.29, 1.82) is 0 Å². The Morgan fingerprint density at radius 3 is 2.84 bits per heavy atom. The normalized spacial score (nSPS) is 16.8. The van der Waals surface area contributed by atoms with E-state index in [4.69, 9.17) is 14.0 Å². The Morgan fingerprint density at radius 2 is 2.16 bits per heavy atom. The maximum absolute atomic E-state index is 12.3. The summed E-state index contributed by atoms with van der Waals surface area (Å²) in [6.07, 6.45) is 3.04. The maximum atomic E-state index is 12.3. The van der Waals surface area contributed by atoms with Crippen LogP contribution in [-0.4, -0.2) is 30.4 Å². The van der Waals surface area contributed by atoms with Crippen molar-refractivity contribution < 1.29 is 18.8 Å². The Bertz CT molecular complexity index is 703. The molecule has 1 saturated heterocycles. The standard InChI is InChI=1S/C19H24N2O4/c1-3-17-18(13(2)25-21-17)19(22)20-11-14-6-8-15(9-7-14)24-12-16-5-4-10-23-16/h6-9,16H,3-5,10-12H2,1-2H3,(H,20,22)/t16-/m0/s1. The smallest absolute Gasteiger partial charge is 0.257 e. The molecule has 6 heteroatoms. The van der Waals surface area contributed by atoms with E-state index in [1.807, 2.05) is 31.2 Å². The van der Waals surface area contributed by atoms with E-state index >= 15 is 0 Å². The van der Waals surface area contributed by atoms with E-state index in [-0.39, 0.29) is 12.0 Å².